The lowest BCUT2D eigenvalue weighted by Crippen LogP contribution is -2.36. The highest BCUT2D eigenvalue weighted by molar-refractivity contribution is 7.56. The molecule has 0 aromatic rings. The molecule has 3 rings (SSSR count). The van der Waals surface area contributed by atoms with Gasteiger partial charge in [-0.1, -0.05) is 44.2 Å². The second-order valence-corrected chi connectivity index (χ2v) is 16.1. The normalized spacial score (nSPS) is 33.0. The molecule has 0 heterocycles. The van der Waals surface area contributed by atoms with Crippen molar-refractivity contribution in [2.24, 2.45) is 23.2 Å². The molecule has 0 spiro atoms. The first kappa shape index (κ1) is 33.2. The zero-order valence-corrected chi connectivity index (χ0v) is 26.9. The summed E-state index contributed by atoms with van der Waals surface area (Å²) in [5.41, 5.74) is 3.23. The topological polar surface area (TPSA) is 93.1 Å². The molecule has 0 amide bonds. The quantitative estimate of drug-likeness (QED) is 0.204. The third-order valence-electron chi connectivity index (χ3n) is 9.47. The third-order valence-corrected chi connectivity index (χ3v) is 12.5. The first-order valence-electron chi connectivity index (χ1n) is 15.2. The number of ketones is 1. The van der Waals surface area contributed by atoms with E-state index in [2.05, 4.69) is 32.6 Å². The molecule has 6 atom stereocenters. The molecule has 0 bridgehead atoms. The summed E-state index contributed by atoms with van der Waals surface area (Å²) in [6.45, 7) is 19.2. The van der Waals surface area contributed by atoms with Gasteiger partial charge in [-0.15, -0.1) is 0 Å². The highest BCUT2D eigenvalue weighted by atomic mass is 31.2. The number of fused-ring (bicyclic) bond motifs is 1. The monoisotopic (exact) mass is 576 g/mol. The summed E-state index contributed by atoms with van der Waals surface area (Å²) in [4.78, 5) is 13.4. The minimum Gasteiger partial charge on any atom is -0.393 e. The number of aliphatic hydroxyl groups is 2. The maximum atomic E-state index is 13.8. The fourth-order valence-corrected chi connectivity index (χ4v) is 9.20. The second kappa shape index (κ2) is 12.9. The number of allylic oxidation sites excluding steroid dienone is 5. The van der Waals surface area contributed by atoms with Crippen molar-refractivity contribution in [2.45, 2.75) is 130 Å². The lowest BCUT2D eigenvalue weighted by atomic mass is 9.61. The van der Waals surface area contributed by atoms with Crippen molar-refractivity contribution in [3.05, 3.63) is 47.6 Å². The first-order chi connectivity index (χ1) is 18.5. The van der Waals surface area contributed by atoms with Crippen LogP contribution in [0.3, 0.4) is 0 Å². The summed E-state index contributed by atoms with van der Waals surface area (Å²) in [7, 11) is -3.70. The average molecular weight is 577 g/mol. The average Bonchev–Trinajstić information content (AvgIpc) is 3.20. The van der Waals surface area contributed by atoms with Gasteiger partial charge in [-0.2, -0.15) is 0 Å². The van der Waals surface area contributed by atoms with E-state index in [0.717, 1.165) is 43.3 Å². The van der Waals surface area contributed by atoms with Gasteiger partial charge < -0.3 is 19.3 Å². The molecule has 0 aliphatic heterocycles. The van der Waals surface area contributed by atoms with Crippen LogP contribution in [0.4, 0.5) is 0 Å². The van der Waals surface area contributed by atoms with Crippen molar-refractivity contribution in [1.29, 1.82) is 0 Å². The molecule has 3 aliphatic carbocycles. The Morgan fingerprint density at radius 3 is 2.33 bits per heavy atom. The Hall–Kier alpha value is -1.30. The number of hydrogen-bond donors (Lipinski definition) is 2. The van der Waals surface area contributed by atoms with Crippen LogP contribution in [0.5, 0.6) is 0 Å². The summed E-state index contributed by atoms with van der Waals surface area (Å²) in [6.07, 6.45) is 12.5. The summed E-state index contributed by atoms with van der Waals surface area (Å²) in [5.74, 6) is 0.848. The zero-order valence-electron chi connectivity index (χ0n) is 26.0. The standard InChI is InChI=1S/C33H53O6P/c1-21(2)38-40(37,39-22(3)4)32(7,8)31(36)17-12-23(5)28-15-16-29-25(11-10-18-33(28,29)9)13-14-26-19-27(34)20-30(35)24(26)6/h12-14,17,21-23,27-30,34-35H,6,10-11,15-16,18-20H2,1-5,7-9H3/t23-,27-,28-,29?,30+,33-/m1/s1. The highest BCUT2D eigenvalue weighted by Gasteiger charge is 2.51. The van der Waals surface area contributed by atoms with Crippen molar-refractivity contribution < 1.29 is 28.6 Å². The van der Waals surface area contributed by atoms with Crippen LogP contribution in [-0.4, -0.2) is 45.6 Å². The van der Waals surface area contributed by atoms with Gasteiger partial charge in [0.15, 0.2) is 5.78 Å². The maximum absolute atomic E-state index is 13.8. The minimum absolute atomic E-state index is 0.129. The number of aliphatic hydroxyl groups excluding tert-OH is 2. The Morgan fingerprint density at radius 1 is 1.10 bits per heavy atom. The molecular formula is C33H53O6P. The van der Waals surface area contributed by atoms with E-state index in [0.29, 0.717) is 24.7 Å². The Labute approximate surface area is 242 Å². The predicted molar refractivity (Wildman–Crippen MR) is 162 cm³/mol. The lowest BCUT2D eigenvalue weighted by Gasteiger charge is -2.44. The van der Waals surface area contributed by atoms with Crippen molar-refractivity contribution in [3.8, 4) is 0 Å². The number of carbonyl (C=O) groups excluding carboxylic acids is 1. The molecule has 3 aliphatic rings. The lowest BCUT2D eigenvalue weighted by molar-refractivity contribution is -0.117. The summed E-state index contributed by atoms with van der Waals surface area (Å²) >= 11 is 0. The molecule has 226 valence electrons. The Morgan fingerprint density at radius 2 is 1.73 bits per heavy atom. The molecule has 3 fully saturated rings. The Kier molecular flexibility index (Phi) is 10.7. The first-order valence-corrected chi connectivity index (χ1v) is 16.7. The van der Waals surface area contributed by atoms with E-state index in [1.54, 1.807) is 47.6 Å². The van der Waals surface area contributed by atoms with E-state index < -0.39 is 25.0 Å². The van der Waals surface area contributed by atoms with Crippen LogP contribution < -0.4 is 0 Å². The van der Waals surface area contributed by atoms with E-state index in [4.69, 9.17) is 9.05 Å². The fraction of sp³-hybridized carbons (Fsp3) is 0.727. The molecule has 0 aromatic heterocycles. The molecule has 40 heavy (non-hydrogen) atoms. The van der Waals surface area contributed by atoms with E-state index in [9.17, 15) is 19.6 Å². The van der Waals surface area contributed by atoms with E-state index >= 15 is 0 Å². The van der Waals surface area contributed by atoms with Crippen LogP contribution in [0.2, 0.25) is 0 Å². The largest absolute Gasteiger partial charge is 0.393 e. The van der Waals surface area contributed by atoms with Crippen LogP contribution in [0.15, 0.2) is 47.6 Å². The molecule has 6 nitrogen and oxygen atoms in total. The summed E-state index contributed by atoms with van der Waals surface area (Å²) in [5, 5.41) is 19.1. The van der Waals surface area contributed by atoms with Gasteiger partial charge in [0.2, 0.25) is 0 Å². The minimum atomic E-state index is -3.70. The molecule has 0 aromatic carbocycles. The predicted octanol–water partition coefficient (Wildman–Crippen LogP) is 7.71. The molecule has 1 unspecified atom stereocenters. The van der Waals surface area contributed by atoms with Crippen LogP contribution in [0.25, 0.3) is 0 Å². The van der Waals surface area contributed by atoms with E-state index in [-0.39, 0.29) is 29.3 Å². The molecule has 0 saturated heterocycles. The van der Waals surface area contributed by atoms with E-state index in [1.807, 2.05) is 6.08 Å². The summed E-state index contributed by atoms with van der Waals surface area (Å²) in [6, 6.07) is 0. The van der Waals surface area contributed by atoms with Gasteiger partial charge in [0, 0.05) is 6.42 Å². The van der Waals surface area contributed by atoms with Crippen molar-refractivity contribution in [2.75, 3.05) is 0 Å². The van der Waals surface area contributed by atoms with Crippen LogP contribution >= 0.6 is 7.60 Å². The number of hydrogen-bond acceptors (Lipinski definition) is 6. The van der Waals surface area contributed by atoms with Gasteiger partial charge in [-0.25, -0.2) is 0 Å². The molecule has 0 radical (unpaired) electrons. The van der Waals surface area contributed by atoms with Gasteiger partial charge >= 0.3 is 7.60 Å². The maximum Gasteiger partial charge on any atom is 0.344 e. The zero-order chi connectivity index (χ0) is 30.0. The highest BCUT2D eigenvalue weighted by Crippen LogP contribution is 2.62. The van der Waals surface area contributed by atoms with Crippen LogP contribution in [0.1, 0.15) is 100 Å². The number of rotatable bonds is 10. The van der Waals surface area contributed by atoms with Gasteiger partial charge in [0.05, 0.1) is 24.4 Å². The van der Waals surface area contributed by atoms with Crippen molar-refractivity contribution in [3.63, 3.8) is 0 Å². The van der Waals surface area contributed by atoms with Gasteiger partial charge in [-0.05, 0) is 120 Å². The third kappa shape index (κ3) is 7.01. The van der Waals surface area contributed by atoms with Gasteiger partial charge in [0.1, 0.15) is 5.16 Å². The SMILES string of the molecule is C=C1C(=CC=C2CCC[C@@]3(C)C2CC[C@@H]3[C@H](C)C=CC(=O)C(C)(C)P(=O)(OC(C)C)OC(C)C)C[C@@H](O)C[C@@H]1O. The van der Waals surface area contributed by atoms with Crippen LogP contribution in [0, 0.1) is 23.2 Å². The van der Waals surface area contributed by atoms with Crippen molar-refractivity contribution >= 4 is 13.4 Å². The number of carbonyl (C=O) groups is 1. The second-order valence-electron chi connectivity index (χ2n) is 13.6. The molecule has 3 saturated carbocycles. The Bertz CT molecular complexity index is 1070. The molecule has 2 N–H and O–H groups in total. The van der Waals surface area contributed by atoms with Crippen LogP contribution in [-0.2, 0) is 18.4 Å². The fourth-order valence-electron chi connectivity index (χ4n) is 7.16. The van der Waals surface area contributed by atoms with Gasteiger partial charge in [0.25, 0.3) is 0 Å². The summed E-state index contributed by atoms with van der Waals surface area (Å²) < 4.78 is 25.3. The Balaban J connectivity index is 1.77. The van der Waals surface area contributed by atoms with Gasteiger partial charge in [-0.3, -0.25) is 9.36 Å². The molecule has 7 heteroatoms. The molecular weight excluding hydrogens is 523 g/mol. The smallest absolute Gasteiger partial charge is 0.344 e. The van der Waals surface area contributed by atoms with Crippen molar-refractivity contribution in [1.82, 2.24) is 0 Å². The van der Waals surface area contributed by atoms with E-state index in [1.165, 1.54) is 5.57 Å².